The third kappa shape index (κ3) is 3.93. The van der Waals surface area contributed by atoms with Crippen molar-refractivity contribution >= 4 is 18.4 Å². The van der Waals surface area contributed by atoms with E-state index in [1.165, 1.54) is 0 Å². The van der Waals surface area contributed by atoms with Gasteiger partial charge in [0.1, 0.15) is 0 Å². The summed E-state index contributed by atoms with van der Waals surface area (Å²) in [6.07, 6.45) is 1.13. The molecule has 1 saturated heterocycles. The molecule has 78 valence electrons. The van der Waals surface area contributed by atoms with Crippen LogP contribution in [0.2, 0.25) is 0 Å². The topological polar surface area (TPSA) is 61.5 Å². The van der Waals surface area contributed by atoms with Gasteiger partial charge >= 0.3 is 5.97 Å². The van der Waals surface area contributed by atoms with E-state index in [4.69, 9.17) is 15.2 Å². The largest absolute Gasteiger partial charge is 0.464 e. The molecule has 0 saturated carbocycles. The van der Waals surface area contributed by atoms with Crippen molar-refractivity contribution in [3.8, 4) is 0 Å². The van der Waals surface area contributed by atoms with Gasteiger partial charge in [-0.15, -0.1) is 12.4 Å². The summed E-state index contributed by atoms with van der Waals surface area (Å²) in [6.45, 7) is 2.65. The van der Waals surface area contributed by atoms with Crippen LogP contribution in [0.3, 0.4) is 0 Å². The number of nitrogens with two attached hydrogens (primary N) is 1. The van der Waals surface area contributed by atoms with Crippen LogP contribution in [0.25, 0.3) is 0 Å². The van der Waals surface area contributed by atoms with Gasteiger partial charge in [0.25, 0.3) is 0 Å². The van der Waals surface area contributed by atoms with Crippen molar-refractivity contribution in [1.29, 1.82) is 0 Å². The Morgan fingerprint density at radius 3 is 2.77 bits per heavy atom. The average Bonchev–Trinajstić information content (AvgIpc) is 2.06. The van der Waals surface area contributed by atoms with Gasteiger partial charge in [-0.1, -0.05) is 0 Å². The molecule has 1 aliphatic rings. The standard InChI is InChI=1S/C8H15NO3.ClH/c1-2-11-8(10)7-4-3-6(9)5-12-7;/h6-7H,2-5,9H2,1H3;1H/t6-,7-;/m1./s1. The SMILES string of the molecule is CCOC(=O)[C@H]1CC[C@@H](N)CO1.Cl. The van der Waals surface area contributed by atoms with Crippen LogP contribution in [0.5, 0.6) is 0 Å². The molecule has 1 aliphatic heterocycles. The fraction of sp³-hybridized carbons (Fsp3) is 0.875. The molecule has 5 heteroatoms. The van der Waals surface area contributed by atoms with Crippen molar-refractivity contribution in [2.75, 3.05) is 13.2 Å². The highest BCUT2D eigenvalue weighted by atomic mass is 35.5. The van der Waals surface area contributed by atoms with Crippen LogP contribution in [0.1, 0.15) is 19.8 Å². The zero-order valence-corrected chi connectivity index (χ0v) is 8.51. The number of hydrogen-bond acceptors (Lipinski definition) is 4. The maximum Gasteiger partial charge on any atom is 0.335 e. The van der Waals surface area contributed by atoms with E-state index >= 15 is 0 Å². The minimum absolute atomic E-state index is 0. The highest BCUT2D eigenvalue weighted by Gasteiger charge is 2.25. The number of esters is 1. The smallest absolute Gasteiger partial charge is 0.335 e. The summed E-state index contributed by atoms with van der Waals surface area (Å²) in [6, 6.07) is 0.0793. The Bertz CT molecular complexity index is 157. The maximum atomic E-state index is 11.1. The maximum absolute atomic E-state index is 11.1. The Morgan fingerprint density at radius 1 is 1.62 bits per heavy atom. The second-order valence-electron chi connectivity index (χ2n) is 2.91. The molecule has 4 nitrogen and oxygen atoms in total. The summed E-state index contributed by atoms with van der Waals surface area (Å²) < 4.78 is 10.0. The number of ether oxygens (including phenoxy) is 2. The minimum atomic E-state index is -0.384. The fourth-order valence-corrected chi connectivity index (χ4v) is 1.19. The first-order chi connectivity index (χ1) is 5.74. The molecule has 13 heavy (non-hydrogen) atoms. The molecule has 0 unspecified atom stereocenters. The molecule has 0 aliphatic carbocycles. The summed E-state index contributed by atoms with van der Waals surface area (Å²) in [5.74, 6) is -0.260. The molecule has 0 aromatic heterocycles. The van der Waals surface area contributed by atoms with Crippen LogP contribution >= 0.6 is 12.4 Å². The molecule has 0 amide bonds. The lowest BCUT2D eigenvalue weighted by Gasteiger charge is -2.24. The molecule has 0 radical (unpaired) electrons. The van der Waals surface area contributed by atoms with Crippen molar-refractivity contribution in [3.05, 3.63) is 0 Å². The predicted octanol–water partition coefficient (Wildman–Crippen LogP) is 0.478. The quantitative estimate of drug-likeness (QED) is 0.672. The summed E-state index contributed by atoms with van der Waals surface area (Å²) >= 11 is 0. The summed E-state index contributed by atoms with van der Waals surface area (Å²) in [4.78, 5) is 11.1. The van der Waals surface area contributed by atoms with E-state index in [-0.39, 0.29) is 30.5 Å². The van der Waals surface area contributed by atoms with Gasteiger partial charge in [0.15, 0.2) is 6.10 Å². The number of halogens is 1. The van der Waals surface area contributed by atoms with Crippen LogP contribution in [0.4, 0.5) is 0 Å². The number of carbonyl (C=O) groups is 1. The highest BCUT2D eigenvalue weighted by molar-refractivity contribution is 5.85. The summed E-state index contributed by atoms with van der Waals surface area (Å²) in [5, 5.41) is 0. The van der Waals surface area contributed by atoms with Gasteiger partial charge in [-0.25, -0.2) is 4.79 Å². The predicted molar refractivity (Wildman–Crippen MR) is 50.8 cm³/mol. The van der Waals surface area contributed by atoms with Crippen molar-refractivity contribution in [3.63, 3.8) is 0 Å². The average molecular weight is 210 g/mol. The monoisotopic (exact) mass is 209 g/mol. The Hall–Kier alpha value is -0.320. The Balaban J connectivity index is 0.00000144. The third-order valence-corrected chi connectivity index (χ3v) is 1.86. The van der Waals surface area contributed by atoms with E-state index in [1.807, 2.05) is 0 Å². The third-order valence-electron chi connectivity index (χ3n) is 1.86. The Labute approximate surface area is 84.2 Å². The van der Waals surface area contributed by atoms with Crippen molar-refractivity contribution < 1.29 is 14.3 Å². The second kappa shape index (κ2) is 6.18. The van der Waals surface area contributed by atoms with E-state index in [0.29, 0.717) is 19.6 Å². The van der Waals surface area contributed by atoms with E-state index < -0.39 is 0 Å². The first kappa shape index (κ1) is 12.7. The van der Waals surface area contributed by atoms with Crippen LogP contribution in [0, 0.1) is 0 Å². The first-order valence-electron chi connectivity index (χ1n) is 4.28. The van der Waals surface area contributed by atoms with Gasteiger partial charge in [-0.2, -0.15) is 0 Å². The summed E-state index contributed by atoms with van der Waals surface area (Å²) in [5.41, 5.74) is 5.59. The molecule has 0 spiro atoms. The van der Waals surface area contributed by atoms with Crippen molar-refractivity contribution in [2.24, 2.45) is 5.73 Å². The lowest BCUT2D eigenvalue weighted by atomic mass is 10.1. The molecular weight excluding hydrogens is 194 g/mol. The number of carbonyl (C=O) groups excluding carboxylic acids is 1. The van der Waals surface area contributed by atoms with Crippen LogP contribution < -0.4 is 5.73 Å². The molecule has 1 heterocycles. The fourth-order valence-electron chi connectivity index (χ4n) is 1.19. The van der Waals surface area contributed by atoms with E-state index in [2.05, 4.69) is 0 Å². The Morgan fingerprint density at radius 2 is 2.31 bits per heavy atom. The first-order valence-corrected chi connectivity index (χ1v) is 4.28. The van der Waals surface area contributed by atoms with Gasteiger partial charge in [0.05, 0.1) is 13.2 Å². The van der Waals surface area contributed by atoms with E-state index in [0.717, 1.165) is 6.42 Å². The molecule has 2 N–H and O–H groups in total. The minimum Gasteiger partial charge on any atom is -0.464 e. The van der Waals surface area contributed by atoms with E-state index in [9.17, 15) is 4.79 Å². The number of hydrogen-bond donors (Lipinski definition) is 1. The van der Waals surface area contributed by atoms with Crippen molar-refractivity contribution in [1.82, 2.24) is 0 Å². The molecule has 0 aromatic carbocycles. The zero-order valence-electron chi connectivity index (χ0n) is 7.69. The molecule has 1 rings (SSSR count). The molecule has 0 bridgehead atoms. The molecule has 0 aromatic rings. The van der Waals surface area contributed by atoms with Gasteiger partial charge in [0.2, 0.25) is 0 Å². The van der Waals surface area contributed by atoms with Crippen molar-refractivity contribution in [2.45, 2.75) is 31.9 Å². The lowest BCUT2D eigenvalue weighted by Crippen LogP contribution is -2.39. The molecule has 2 atom stereocenters. The normalized spacial score (nSPS) is 27.5. The second-order valence-corrected chi connectivity index (χ2v) is 2.91. The van der Waals surface area contributed by atoms with Crippen LogP contribution in [0.15, 0.2) is 0 Å². The number of rotatable bonds is 2. The highest BCUT2D eigenvalue weighted by Crippen LogP contribution is 2.13. The van der Waals surface area contributed by atoms with Gasteiger partial charge in [-0.3, -0.25) is 0 Å². The van der Waals surface area contributed by atoms with Crippen LogP contribution in [-0.4, -0.2) is 31.3 Å². The van der Waals surface area contributed by atoms with Gasteiger partial charge in [0, 0.05) is 6.04 Å². The molecular formula is C8H16ClNO3. The Kier molecular flexibility index (Phi) is 6.03. The summed E-state index contributed by atoms with van der Waals surface area (Å²) in [7, 11) is 0. The zero-order chi connectivity index (χ0) is 8.97. The van der Waals surface area contributed by atoms with E-state index in [1.54, 1.807) is 6.92 Å². The lowest BCUT2D eigenvalue weighted by molar-refractivity contribution is -0.159. The van der Waals surface area contributed by atoms with Gasteiger partial charge < -0.3 is 15.2 Å². The van der Waals surface area contributed by atoms with Gasteiger partial charge in [-0.05, 0) is 19.8 Å². The molecule has 1 fully saturated rings. The van der Waals surface area contributed by atoms with Crippen LogP contribution in [-0.2, 0) is 14.3 Å².